The third kappa shape index (κ3) is 7.62. The van der Waals surface area contributed by atoms with E-state index in [1.807, 2.05) is 0 Å². The second-order valence-corrected chi connectivity index (χ2v) is 5.10. The van der Waals surface area contributed by atoms with Crippen LogP contribution in [-0.2, 0) is 0 Å². The van der Waals surface area contributed by atoms with Crippen molar-refractivity contribution >= 4 is 33.5 Å². The van der Waals surface area contributed by atoms with Crippen LogP contribution in [0, 0.1) is 5.41 Å². The smallest absolute Gasteiger partial charge is 0.158 e. The van der Waals surface area contributed by atoms with Gasteiger partial charge in [0.05, 0.1) is 0 Å². The highest BCUT2D eigenvalue weighted by atomic mass is 32.2. The molecule has 15 heavy (non-hydrogen) atoms. The van der Waals surface area contributed by atoms with Crippen molar-refractivity contribution in [3.05, 3.63) is 0 Å². The van der Waals surface area contributed by atoms with E-state index in [1.54, 1.807) is 0 Å². The molecule has 0 saturated carbocycles. The minimum absolute atomic E-state index is 0.0815. The lowest BCUT2D eigenvalue weighted by Gasteiger charge is -2.23. The lowest BCUT2D eigenvalue weighted by Crippen LogP contribution is -2.31. The number of hydrogen-bond acceptors (Lipinski definition) is 3. The van der Waals surface area contributed by atoms with Crippen molar-refractivity contribution in [2.24, 2.45) is 5.73 Å². The second-order valence-electron chi connectivity index (χ2n) is 3.43. The fourth-order valence-electron chi connectivity index (χ4n) is 1.15. The van der Waals surface area contributed by atoms with Gasteiger partial charge in [0.2, 0.25) is 0 Å². The van der Waals surface area contributed by atoms with Crippen LogP contribution in [0.1, 0.15) is 39.5 Å². The van der Waals surface area contributed by atoms with Crippen molar-refractivity contribution in [1.82, 2.24) is 4.90 Å². The van der Waals surface area contributed by atoms with Crippen molar-refractivity contribution in [1.29, 1.82) is 5.41 Å². The molecule has 0 heterocycles. The summed E-state index contributed by atoms with van der Waals surface area (Å²) in [4.78, 5) is 2.16. The van der Waals surface area contributed by atoms with Crippen LogP contribution in [-0.4, -0.2) is 27.5 Å². The number of unbranched alkanes of at least 4 members (excludes halogenated alkanes) is 2. The number of nitrogens with one attached hydrogen (secondary N) is 1. The van der Waals surface area contributed by atoms with Crippen LogP contribution in [0.25, 0.3) is 0 Å². The number of thioether (sulfide) groups is 1. The Morgan fingerprint density at radius 2 is 1.73 bits per heavy atom. The highest BCUT2D eigenvalue weighted by molar-refractivity contribution is 8.32. The molecule has 0 atom stereocenters. The number of hydrogen-bond donors (Lipinski definition) is 2. The maximum atomic E-state index is 7.20. The maximum absolute atomic E-state index is 7.20. The molecule has 0 spiro atoms. The molecule has 0 aliphatic heterocycles. The predicted molar refractivity (Wildman–Crippen MR) is 73.5 cm³/mol. The van der Waals surface area contributed by atoms with E-state index in [9.17, 15) is 0 Å². The zero-order chi connectivity index (χ0) is 11.7. The Labute approximate surface area is 102 Å². The van der Waals surface area contributed by atoms with Gasteiger partial charge in [0.15, 0.2) is 5.17 Å². The van der Waals surface area contributed by atoms with E-state index in [0.29, 0.717) is 0 Å². The molecule has 5 heteroatoms. The number of nitrogens with zero attached hydrogens (tertiary/aromatic N) is 1. The number of rotatable bonds is 6. The summed E-state index contributed by atoms with van der Waals surface area (Å²) in [5, 5.41) is 7.28. The van der Waals surface area contributed by atoms with Gasteiger partial charge in [0.1, 0.15) is 4.32 Å². The topological polar surface area (TPSA) is 53.1 Å². The molecule has 0 radical (unpaired) electrons. The standard InChI is InChI=1S/C10H21N3S2/c1-3-5-7-13(8-6-4-2)10(14)15-9(11)12/h3-8H2,1-2H3,(H3,11,12). The molecule has 0 saturated heterocycles. The molecule has 0 aromatic rings. The summed E-state index contributed by atoms with van der Waals surface area (Å²) in [5.41, 5.74) is 5.32. The van der Waals surface area contributed by atoms with Crippen LogP contribution in [0.2, 0.25) is 0 Å². The molecular weight excluding hydrogens is 226 g/mol. The average molecular weight is 247 g/mol. The van der Waals surface area contributed by atoms with Crippen LogP contribution in [0.15, 0.2) is 0 Å². The summed E-state index contributed by atoms with van der Waals surface area (Å²) >= 11 is 6.43. The van der Waals surface area contributed by atoms with Gasteiger partial charge in [-0.2, -0.15) is 0 Å². The lowest BCUT2D eigenvalue weighted by molar-refractivity contribution is 0.411. The summed E-state index contributed by atoms with van der Waals surface area (Å²) in [6, 6.07) is 0. The van der Waals surface area contributed by atoms with Gasteiger partial charge in [-0.3, -0.25) is 5.41 Å². The van der Waals surface area contributed by atoms with E-state index in [0.717, 1.165) is 43.1 Å². The maximum Gasteiger partial charge on any atom is 0.158 e. The first-order chi connectivity index (χ1) is 7.11. The van der Waals surface area contributed by atoms with E-state index in [-0.39, 0.29) is 5.17 Å². The fraction of sp³-hybridized carbons (Fsp3) is 0.800. The molecule has 0 aromatic carbocycles. The van der Waals surface area contributed by atoms with Crippen LogP contribution in [0.4, 0.5) is 0 Å². The van der Waals surface area contributed by atoms with E-state index in [4.69, 9.17) is 23.4 Å². The minimum Gasteiger partial charge on any atom is -0.378 e. The zero-order valence-corrected chi connectivity index (χ0v) is 11.2. The molecule has 0 rings (SSSR count). The van der Waals surface area contributed by atoms with Gasteiger partial charge in [0, 0.05) is 13.1 Å². The van der Waals surface area contributed by atoms with Gasteiger partial charge in [-0.05, 0) is 24.6 Å². The van der Waals surface area contributed by atoms with Crippen molar-refractivity contribution in [2.75, 3.05) is 13.1 Å². The van der Waals surface area contributed by atoms with Crippen LogP contribution in [0.3, 0.4) is 0 Å². The van der Waals surface area contributed by atoms with Crippen molar-refractivity contribution in [3.63, 3.8) is 0 Å². The second kappa shape index (κ2) is 8.97. The van der Waals surface area contributed by atoms with Crippen LogP contribution in [0.5, 0.6) is 0 Å². The Morgan fingerprint density at radius 3 is 2.07 bits per heavy atom. The van der Waals surface area contributed by atoms with E-state index in [2.05, 4.69) is 18.7 Å². The van der Waals surface area contributed by atoms with Crippen LogP contribution < -0.4 is 5.73 Å². The van der Waals surface area contributed by atoms with Crippen molar-refractivity contribution in [2.45, 2.75) is 39.5 Å². The van der Waals surface area contributed by atoms with Crippen LogP contribution >= 0.6 is 24.0 Å². The minimum atomic E-state index is 0.0815. The Morgan fingerprint density at radius 1 is 1.27 bits per heavy atom. The molecule has 0 unspecified atom stereocenters. The summed E-state index contributed by atoms with van der Waals surface area (Å²) < 4.78 is 0.740. The molecule has 0 amide bonds. The van der Waals surface area contributed by atoms with E-state index >= 15 is 0 Å². The monoisotopic (exact) mass is 247 g/mol. The quantitative estimate of drug-likeness (QED) is 0.430. The average Bonchev–Trinajstić information content (AvgIpc) is 2.17. The summed E-state index contributed by atoms with van der Waals surface area (Å²) in [6.45, 7) is 6.30. The number of amidine groups is 1. The molecule has 3 nitrogen and oxygen atoms in total. The highest BCUT2D eigenvalue weighted by Crippen LogP contribution is 2.11. The summed E-state index contributed by atoms with van der Waals surface area (Å²) in [7, 11) is 0. The predicted octanol–water partition coefficient (Wildman–Crippen LogP) is 2.80. The molecular formula is C10H21N3S2. The number of nitrogens with two attached hydrogens (primary N) is 1. The van der Waals surface area contributed by atoms with Crippen molar-refractivity contribution < 1.29 is 0 Å². The first-order valence-electron chi connectivity index (χ1n) is 5.42. The normalized spacial score (nSPS) is 10.0. The fourth-order valence-corrected chi connectivity index (χ4v) is 2.10. The largest absolute Gasteiger partial charge is 0.378 e. The SMILES string of the molecule is CCCCN(CCCC)C(=S)SC(=N)N. The van der Waals surface area contributed by atoms with Gasteiger partial charge in [-0.15, -0.1) is 0 Å². The molecule has 0 aliphatic rings. The van der Waals surface area contributed by atoms with Crippen molar-refractivity contribution in [3.8, 4) is 0 Å². The Hall–Kier alpha value is -0.290. The molecule has 0 bridgehead atoms. The molecule has 0 aliphatic carbocycles. The summed E-state index contributed by atoms with van der Waals surface area (Å²) in [6.07, 6.45) is 4.61. The Balaban J connectivity index is 4.07. The highest BCUT2D eigenvalue weighted by Gasteiger charge is 2.10. The summed E-state index contributed by atoms with van der Waals surface area (Å²) in [5.74, 6) is 0. The van der Waals surface area contributed by atoms with Gasteiger partial charge >= 0.3 is 0 Å². The zero-order valence-electron chi connectivity index (χ0n) is 9.58. The molecule has 3 N–H and O–H groups in total. The van der Waals surface area contributed by atoms with Gasteiger partial charge in [-0.1, -0.05) is 38.9 Å². The Bertz CT molecular complexity index is 199. The lowest BCUT2D eigenvalue weighted by atomic mass is 10.3. The van der Waals surface area contributed by atoms with E-state index < -0.39 is 0 Å². The molecule has 0 fully saturated rings. The van der Waals surface area contributed by atoms with Gasteiger partial charge in [-0.25, -0.2) is 0 Å². The van der Waals surface area contributed by atoms with Gasteiger partial charge < -0.3 is 10.6 Å². The molecule has 0 aromatic heterocycles. The first-order valence-corrected chi connectivity index (χ1v) is 6.65. The third-order valence-electron chi connectivity index (χ3n) is 2.02. The van der Waals surface area contributed by atoms with Gasteiger partial charge in [0.25, 0.3) is 0 Å². The molecule has 88 valence electrons. The third-order valence-corrected chi connectivity index (χ3v) is 3.18. The van der Waals surface area contributed by atoms with E-state index in [1.165, 1.54) is 11.8 Å². The Kier molecular flexibility index (Phi) is 8.80. The number of thiocarbonyl (C=S) groups is 1. The first kappa shape index (κ1) is 14.7.